The van der Waals surface area contributed by atoms with Gasteiger partial charge in [0.25, 0.3) is 0 Å². The molecule has 1 amide bonds. The molecule has 21 heavy (non-hydrogen) atoms. The molecule has 0 spiro atoms. The maximum absolute atomic E-state index is 12.8. The van der Waals surface area contributed by atoms with Crippen molar-refractivity contribution in [3.63, 3.8) is 0 Å². The van der Waals surface area contributed by atoms with Crippen LogP contribution < -0.4 is 5.73 Å². The molecule has 2 aliphatic rings. The van der Waals surface area contributed by atoms with Crippen LogP contribution in [0.2, 0.25) is 5.02 Å². The summed E-state index contributed by atoms with van der Waals surface area (Å²) in [6, 6.07) is 8.56. The van der Waals surface area contributed by atoms with E-state index in [-0.39, 0.29) is 5.92 Å². The monoisotopic (exact) mass is 306 g/mol. The van der Waals surface area contributed by atoms with Gasteiger partial charge in [-0.15, -0.1) is 0 Å². The fourth-order valence-electron chi connectivity index (χ4n) is 3.16. The maximum atomic E-state index is 12.8. The Labute approximate surface area is 131 Å². The zero-order chi connectivity index (χ0) is 14.8. The summed E-state index contributed by atoms with van der Waals surface area (Å²) in [7, 11) is 0. The van der Waals surface area contributed by atoms with E-state index >= 15 is 0 Å². The quantitative estimate of drug-likeness (QED) is 0.927. The lowest BCUT2D eigenvalue weighted by atomic mass is 9.85. The maximum Gasteiger partial charge on any atom is 0.226 e. The van der Waals surface area contributed by atoms with Crippen molar-refractivity contribution in [2.45, 2.75) is 57.2 Å². The summed E-state index contributed by atoms with van der Waals surface area (Å²) in [6.07, 6.45) is 6.15. The van der Waals surface area contributed by atoms with Crippen molar-refractivity contribution >= 4 is 17.5 Å². The first-order chi connectivity index (χ1) is 10.1. The average Bonchev–Trinajstić information content (AvgIpc) is 3.31. The largest absolute Gasteiger partial charge is 0.335 e. The summed E-state index contributed by atoms with van der Waals surface area (Å²) in [6.45, 7) is 0.712. The van der Waals surface area contributed by atoms with Crippen LogP contribution in [0, 0.1) is 5.92 Å². The number of carbonyl (C=O) groups is 1. The third kappa shape index (κ3) is 3.78. The molecule has 0 saturated heterocycles. The molecule has 0 unspecified atom stereocenters. The van der Waals surface area contributed by atoms with E-state index in [0.717, 1.165) is 49.1 Å². The van der Waals surface area contributed by atoms with Crippen molar-refractivity contribution < 1.29 is 4.79 Å². The summed E-state index contributed by atoms with van der Waals surface area (Å²) in [4.78, 5) is 14.9. The molecule has 4 heteroatoms. The van der Waals surface area contributed by atoms with Crippen LogP contribution in [-0.2, 0) is 11.3 Å². The molecule has 0 aromatic heterocycles. The van der Waals surface area contributed by atoms with E-state index in [0.29, 0.717) is 24.5 Å². The van der Waals surface area contributed by atoms with Crippen molar-refractivity contribution in [1.29, 1.82) is 0 Å². The van der Waals surface area contributed by atoms with E-state index in [2.05, 4.69) is 4.90 Å². The Morgan fingerprint density at radius 3 is 2.29 bits per heavy atom. The fraction of sp³-hybridized carbons (Fsp3) is 0.588. The predicted molar refractivity (Wildman–Crippen MR) is 85.0 cm³/mol. The van der Waals surface area contributed by atoms with E-state index < -0.39 is 0 Å². The molecule has 0 heterocycles. The smallest absolute Gasteiger partial charge is 0.226 e. The highest BCUT2D eigenvalue weighted by Gasteiger charge is 2.36. The first-order valence-electron chi connectivity index (χ1n) is 7.94. The second-order valence-corrected chi connectivity index (χ2v) is 6.87. The molecule has 1 aromatic rings. The van der Waals surface area contributed by atoms with Crippen LogP contribution in [0.15, 0.2) is 24.3 Å². The molecule has 1 aromatic carbocycles. The number of benzene rings is 1. The number of nitrogens with two attached hydrogens (primary N) is 1. The summed E-state index contributed by atoms with van der Waals surface area (Å²) < 4.78 is 0. The lowest BCUT2D eigenvalue weighted by molar-refractivity contribution is -0.137. The normalized spacial score (nSPS) is 25.6. The molecule has 3 rings (SSSR count). The number of rotatable bonds is 4. The van der Waals surface area contributed by atoms with E-state index in [1.54, 1.807) is 0 Å². The molecule has 0 bridgehead atoms. The van der Waals surface area contributed by atoms with E-state index in [4.69, 9.17) is 17.3 Å². The summed E-state index contributed by atoms with van der Waals surface area (Å²) >= 11 is 5.93. The van der Waals surface area contributed by atoms with Crippen molar-refractivity contribution in [3.05, 3.63) is 34.9 Å². The zero-order valence-electron chi connectivity index (χ0n) is 12.3. The Morgan fingerprint density at radius 2 is 1.71 bits per heavy atom. The highest BCUT2D eigenvalue weighted by molar-refractivity contribution is 6.30. The second kappa shape index (κ2) is 6.37. The van der Waals surface area contributed by atoms with Crippen molar-refractivity contribution in [1.82, 2.24) is 4.90 Å². The van der Waals surface area contributed by atoms with Gasteiger partial charge in [0.05, 0.1) is 0 Å². The highest BCUT2D eigenvalue weighted by atomic mass is 35.5. The number of hydrogen-bond donors (Lipinski definition) is 1. The van der Waals surface area contributed by atoms with Crippen molar-refractivity contribution in [2.24, 2.45) is 11.7 Å². The van der Waals surface area contributed by atoms with Gasteiger partial charge in [-0.05, 0) is 56.2 Å². The SMILES string of the molecule is NC1CCC(C(=O)N(Cc2ccc(Cl)cc2)C2CC2)CC1. The Hall–Kier alpha value is -1.06. The third-order valence-electron chi connectivity index (χ3n) is 4.66. The topological polar surface area (TPSA) is 46.3 Å². The summed E-state index contributed by atoms with van der Waals surface area (Å²) in [5.41, 5.74) is 7.11. The van der Waals surface area contributed by atoms with Crippen LogP contribution in [0.5, 0.6) is 0 Å². The highest BCUT2D eigenvalue weighted by Crippen LogP contribution is 2.33. The van der Waals surface area contributed by atoms with E-state index in [9.17, 15) is 4.79 Å². The zero-order valence-corrected chi connectivity index (χ0v) is 13.1. The molecule has 2 fully saturated rings. The lowest BCUT2D eigenvalue weighted by Gasteiger charge is -2.31. The van der Waals surface area contributed by atoms with Gasteiger partial charge < -0.3 is 10.6 Å². The molecular formula is C17H23ClN2O. The van der Waals surface area contributed by atoms with Gasteiger partial charge >= 0.3 is 0 Å². The Balaban J connectivity index is 1.66. The molecule has 2 N–H and O–H groups in total. The molecule has 0 radical (unpaired) electrons. The number of nitrogens with zero attached hydrogens (tertiary/aromatic N) is 1. The summed E-state index contributed by atoms with van der Waals surface area (Å²) in [5, 5.41) is 0.740. The van der Waals surface area contributed by atoms with Gasteiger partial charge in [0.15, 0.2) is 0 Å². The molecule has 0 atom stereocenters. The van der Waals surface area contributed by atoms with Gasteiger partial charge in [0, 0.05) is 29.6 Å². The average molecular weight is 307 g/mol. The van der Waals surface area contributed by atoms with Gasteiger partial charge in [0.1, 0.15) is 0 Å². The first-order valence-corrected chi connectivity index (χ1v) is 8.32. The number of amides is 1. The van der Waals surface area contributed by atoms with E-state index in [1.807, 2.05) is 24.3 Å². The van der Waals surface area contributed by atoms with Crippen molar-refractivity contribution in [3.8, 4) is 0 Å². The lowest BCUT2D eigenvalue weighted by Crippen LogP contribution is -2.40. The fourth-order valence-corrected chi connectivity index (χ4v) is 3.29. The second-order valence-electron chi connectivity index (χ2n) is 6.44. The van der Waals surface area contributed by atoms with Gasteiger partial charge in [0.2, 0.25) is 5.91 Å². The molecule has 2 aliphatic carbocycles. The minimum Gasteiger partial charge on any atom is -0.335 e. The first kappa shape index (κ1) is 14.9. The molecular weight excluding hydrogens is 284 g/mol. The van der Waals surface area contributed by atoms with Crippen molar-refractivity contribution in [2.75, 3.05) is 0 Å². The van der Waals surface area contributed by atoms with Crippen LogP contribution >= 0.6 is 11.6 Å². The van der Waals surface area contributed by atoms with Gasteiger partial charge in [-0.3, -0.25) is 4.79 Å². The van der Waals surface area contributed by atoms with Crippen LogP contribution in [0.25, 0.3) is 0 Å². The predicted octanol–water partition coefficient (Wildman–Crippen LogP) is 3.35. The Kier molecular flexibility index (Phi) is 4.51. The minimum absolute atomic E-state index is 0.178. The molecule has 114 valence electrons. The summed E-state index contributed by atoms with van der Waals surface area (Å²) in [5.74, 6) is 0.511. The van der Waals surface area contributed by atoms with Gasteiger partial charge in [-0.1, -0.05) is 23.7 Å². The Bertz CT molecular complexity index is 490. The number of hydrogen-bond acceptors (Lipinski definition) is 2. The van der Waals surface area contributed by atoms with Crippen LogP contribution in [0.1, 0.15) is 44.1 Å². The van der Waals surface area contributed by atoms with Gasteiger partial charge in [-0.25, -0.2) is 0 Å². The molecule has 0 aliphatic heterocycles. The van der Waals surface area contributed by atoms with Crippen LogP contribution in [0.3, 0.4) is 0 Å². The van der Waals surface area contributed by atoms with Crippen LogP contribution in [-0.4, -0.2) is 22.9 Å². The molecule has 3 nitrogen and oxygen atoms in total. The Morgan fingerprint density at radius 1 is 1.10 bits per heavy atom. The van der Waals surface area contributed by atoms with Gasteiger partial charge in [-0.2, -0.15) is 0 Å². The van der Waals surface area contributed by atoms with E-state index in [1.165, 1.54) is 0 Å². The number of halogens is 1. The minimum atomic E-state index is 0.178. The van der Waals surface area contributed by atoms with Crippen LogP contribution in [0.4, 0.5) is 0 Å². The third-order valence-corrected chi connectivity index (χ3v) is 4.91. The number of carbonyl (C=O) groups excluding carboxylic acids is 1. The standard InChI is InChI=1S/C17H23ClN2O/c18-14-5-1-12(2-6-14)11-20(16-9-10-16)17(21)13-3-7-15(19)8-4-13/h1-2,5-6,13,15-16H,3-4,7-11,19H2. The molecule has 2 saturated carbocycles.